The molecule has 0 aliphatic rings. The van der Waals surface area contributed by atoms with Gasteiger partial charge in [-0.3, -0.25) is 9.59 Å². The summed E-state index contributed by atoms with van der Waals surface area (Å²) in [6.07, 6.45) is 1.44. The highest BCUT2D eigenvalue weighted by Gasteiger charge is 2.10. The lowest BCUT2D eigenvalue weighted by molar-refractivity contribution is -0.111. The summed E-state index contributed by atoms with van der Waals surface area (Å²) in [5, 5.41) is 5.48. The van der Waals surface area contributed by atoms with Crippen molar-refractivity contribution in [3.8, 4) is 11.8 Å². The lowest BCUT2D eigenvalue weighted by atomic mass is 10.1. The van der Waals surface area contributed by atoms with Crippen molar-refractivity contribution >= 4 is 23.2 Å². The molecule has 0 bridgehead atoms. The molecule has 5 nitrogen and oxygen atoms in total. The molecule has 0 aliphatic heterocycles. The summed E-state index contributed by atoms with van der Waals surface area (Å²) in [6.45, 7) is 1.84. The molecule has 1 aromatic heterocycles. The number of carbonyl (C=O) groups is 2. The van der Waals surface area contributed by atoms with Crippen LogP contribution in [0.15, 0.2) is 71.3 Å². The zero-order valence-corrected chi connectivity index (χ0v) is 14.1. The summed E-state index contributed by atoms with van der Waals surface area (Å²) in [4.78, 5) is 24.0. The highest BCUT2D eigenvalue weighted by molar-refractivity contribution is 6.05. The molecule has 0 aliphatic carbocycles. The first kappa shape index (κ1) is 17.1. The Morgan fingerprint density at radius 2 is 1.77 bits per heavy atom. The number of anilines is 2. The van der Waals surface area contributed by atoms with E-state index in [9.17, 15) is 9.59 Å². The second-order valence-electron chi connectivity index (χ2n) is 5.53. The van der Waals surface area contributed by atoms with Crippen LogP contribution in [-0.2, 0) is 4.79 Å². The van der Waals surface area contributed by atoms with E-state index < -0.39 is 5.91 Å². The van der Waals surface area contributed by atoms with E-state index in [0.717, 1.165) is 11.1 Å². The molecule has 1 heterocycles. The van der Waals surface area contributed by atoms with E-state index in [2.05, 4.69) is 22.5 Å². The topological polar surface area (TPSA) is 71.3 Å². The third kappa shape index (κ3) is 4.40. The molecule has 3 aromatic rings. The minimum atomic E-state index is -0.402. The molecule has 26 heavy (non-hydrogen) atoms. The van der Waals surface area contributed by atoms with Gasteiger partial charge in [-0.15, -0.1) is 0 Å². The van der Waals surface area contributed by atoms with E-state index in [4.69, 9.17) is 4.42 Å². The fourth-order valence-corrected chi connectivity index (χ4v) is 2.29. The number of hydrogen-bond donors (Lipinski definition) is 2. The Balaban J connectivity index is 1.65. The van der Waals surface area contributed by atoms with Crippen molar-refractivity contribution in [1.82, 2.24) is 0 Å². The number of furan rings is 1. The van der Waals surface area contributed by atoms with Gasteiger partial charge in [-0.1, -0.05) is 24.1 Å². The Morgan fingerprint density at radius 1 is 0.962 bits per heavy atom. The number of rotatable bonds is 3. The molecule has 5 heteroatoms. The second-order valence-corrected chi connectivity index (χ2v) is 5.53. The van der Waals surface area contributed by atoms with Crippen LogP contribution in [0.5, 0.6) is 0 Å². The summed E-state index contributed by atoms with van der Waals surface area (Å²) < 4.78 is 5.06. The zero-order valence-electron chi connectivity index (χ0n) is 14.1. The smallest absolute Gasteiger partial charge is 0.300 e. The Labute approximate surface area is 151 Å². The van der Waals surface area contributed by atoms with Gasteiger partial charge in [0.2, 0.25) is 0 Å². The number of aryl methyl sites for hydroxylation is 1. The molecule has 0 atom stereocenters. The number of benzene rings is 2. The van der Waals surface area contributed by atoms with Crippen LogP contribution in [-0.4, -0.2) is 11.8 Å². The van der Waals surface area contributed by atoms with Gasteiger partial charge in [0.05, 0.1) is 6.26 Å². The minimum absolute atomic E-state index is 0.234. The Hall–Kier alpha value is -3.78. The summed E-state index contributed by atoms with van der Waals surface area (Å²) in [6, 6.07) is 17.7. The standard InChI is InChI=1S/C21H16N2O3/c1-15-14-17(22-20(24)12-9-16-6-3-2-4-7-16)10-11-18(15)23-21(25)19-8-5-13-26-19/h2-8,10-11,13-14H,1H3,(H,22,24)(H,23,25). The fraction of sp³-hybridized carbons (Fsp3) is 0.0476. The Bertz CT molecular complexity index is 981. The van der Waals surface area contributed by atoms with Crippen LogP contribution < -0.4 is 10.6 Å². The van der Waals surface area contributed by atoms with Gasteiger partial charge in [-0.2, -0.15) is 0 Å². The first-order valence-electron chi connectivity index (χ1n) is 7.95. The zero-order chi connectivity index (χ0) is 18.4. The molecule has 2 aromatic carbocycles. The molecule has 0 saturated carbocycles. The normalized spacial score (nSPS) is 9.73. The predicted octanol–water partition coefficient (Wildman–Crippen LogP) is 3.83. The van der Waals surface area contributed by atoms with Gasteiger partial charge in [-0.25, -0.2) is 0 Å². The molecule has 2 amide bonds. The average molecular weight is 344 g/mol. The van der Waals surface area contributed by atoms with Crippen molar-refractivity contribution in [2.75, 3.05) is 10.6 Å². The molecular formula is C21H16N2O3. The van der Waals surface area contributed by atoms with Crippen LogP contribution in [0.2, 0.25) is 0 Å². The van der Waals surface area contributed by atoms with E-state index in [-0.39, 0.29) is 11.7 Å². The van der Waals surface area contributed by atoms with Gasteiger partial charge in [0.25, 0.3) is 5.91 Å². The van der Waals surface area contributed by atoms with Gasteiger partial charge in [-0.05, 0) is 55.0 Å². The number of hydrogen-bond acceptors (Lipinski definition) is 3. The summed E-state index contributed by atoms with van der Waals surface area (Å²) in [5.41, 5.74) is 2.82. The van der Waals surface area contributed by atoms with Crippen molar-refractivity contribution in [2.24, 2.45) is 0 Å². The van der Waals surface area contributed by atoms with Gasteiger partial charge >= 0.3 is 5.91 Å². The number of amides is 2. The molecular weight excluding hydrogens is 328 g/mol. The first-order valence-corrected chi connectivity index (χ1v) is 7.95. The monoisotopic (exact) mass is 344 g/mol. The molecule has 0 fully saturated rings. The molecule has 128 valence electrons. The molecule has 0 spiro atoms. The Kier molecular flexibility index (Phi) is 5.16. The molecule has 0 radical (unpaired) electrons. The third-order valence-corrected chi connectivity index (χ3v) is 3.57. The summed E-state index contributed by atoms with van der Waals surface area (Å²) in [7, 11) is 0. The summed E-state index contributed by atoms with van der Waals surface area (Å²) in [5.74, 6) is 4.86. The van der Waals surface area contributed by atoms with E-state index in [1.165, 1.54) is 6.26 Å². The van der Waals surface area contributed by atoms with Crippen molar-refractivity contribution in [3.63, 3.8) is 0 Å². The third-order valence-electron chi connectivity index (χ3n) is 3.57. The first-order chi connectivity index (χ1) is 12.6. The van der Waals surface area contributed by atoms with Crippen molar-refractivity contribution in [1.29, 1.82) is 0 Å². The highest BCUT2D eigenvalue weighted by Crippen LogP contribution is 2.20. The lowest BCUT2D eigenvalue weighted by Gasteiger charge is -2.09. The van der Waals surface area contributed by atoms with E-state index in [0.29, 0.717) is 11.4 Å². The van der Waals surface area contributed by atoms with Crippen LogP contribution >= 0.6 is 0 Å². The maximum atomic E-state index is 12.0. The number of carbonyl (C=O) groups excluding carboxylic acids is 2. The number of nitrogens with one attached hydrogen (secondary N) is 2. The van der Waals surface area contributed by atoms with Gasteiger partial charge < -0.3 is 15.1 Å². The van der Waals surface area contributed by atoms with E-state index in [1.54, 1.807) is 30.3 Å². The molecule has 0 unspecified atom stereocenters. The molecule has 2 N–H and O–H groups in total. The molecule has 0 saturated heterocycles. The van der Waals surface area contributed by atoms with Crippen molar-refractivity contribution in [3.05, 3.63) is 83.8 Å². The maximum Gasteiger partial charge on any atom is 0.300 e. The van der Waals surface area contributed by atoms with Gasteiger partial charge in [0.1, 0.15) is 0 Å². The van der Waals surface area contributed by atoms with Crippen LogP contribution in [0.1, 0.15) is 21.7 Å². The van der Waals surface area contributed by atoms with Crippen LogP contribution in [0.3, 0.4) is 0 Å². The van der Waals surface area contributed by atoms with Crippen LogP contribution in [0, 0.1) is 18.8 Å². The SMILES string of the molecule is Cc1cc(NC(=O)C#Cc2ccccc2)ccc1NC(=O)c1ccco1. The van der Waals surface area contributed by atoms with Gasteiger partial charge in [0.15, 0.2) is 5.76 Å². The lowest BCUT2D eigenvalue weighted by Crippen LogP contribution is -2.12. The predicted molar refractivity (Wildman–Crippen MR) is 99.8 cm³/mol. The minimum Gasteiger partial charge on any atom is -0.459 e. The van der Waals surface area contributed by atoms with E-state index >= 15 is 0 Å². The Morgan fingerprint density at radius 3 is 2.46 bits per heavy atom. The second kappa shape index (κ2) is 7.86. The molecule has 3 rings (SSSR count). The van der Waals surface area contributed by atoms with Crippen molar-refractivity contribution in [2.45, 2.75) is 6.92 Å². The van der Waals surface area contributed by atoms with Crippen LogP contribution in [0.4, 0.5) is 11.4 Å². The van der Waals surface area contributed by atoms with E-state index in [1.807, 2.05) is 37.3 Å². The fourth-order valence-electron chi connectivity index (χ4n) is 2.29. The van der Waals surface area contributed by atoms with Gasteiger partial charge in [0, 0.05) is 22.9 Å². The maximum absolute atomic E-state index is 12.0. The quantitative estimate of drug-likeness (QED) is 0.709. The summed E-state index contributed by atoms with van der Waals surface area (Å²) >= 11 is 0. The highest BCUT2D eigenvalue weighted by atomic mass is 16.3. The average Bonchev–Trinajstić information content (AvgIpc) is 3.18. The van der Waals surface area contributed by atoms with Crippen molar-refractivity contribution < 1.29 is 14.0 Å². The van der Waals surface area contributed by atoms with Crippen LogP contribution in [0.25, 0.3) is 0 Å². The largest absolute Gasteiger partial charge is 0.459 e.